The second-order valence-corrected chi connectivity index (χ2v) is 1.99. The Balaban J connectivity index is 3.68. The number of Topliss-reactive ketones (excluding diaryl/α,β-unsaturated/α-hetero) is 1. The summed E-state index contributed by atoms with van der Waals surface area (Å²) < 4.78 is 4.61. The minimum atomic E-state index is -0.630. The van der Waals surface area contributed by atoms with Gasteiger partial charge >= 0.3 is 5.97 Å². The minimum Gasteiger partial charge on any atom is -0.455 e. The van der Waals surface area contributed by atoms with E-state index in [1.165, 1.54) is 13.8 Å². The Morgan fingerprint density at radius 1 is 1.60 bits per heavy atom. The fourth-order valence-electron chi connectivity index (χ4n) is 0.339. The van der Waals surface area contributed by atoms with E-state index in [0.29, 0.717) is 0 Å². The van der Waals surface area contributed by atoms with Crippen molar-refractivity contribution in [1.82, 2.24) is 0 Å². The number of rotatable bonds is 3. The van der Waals surface area contributed by atoms with Crippen molar-refractivity contribution in [3.63, 3.8) is 0 Å². The molecule has 0 fully saturated rings. The van der Waals surface area contributed by atoms with Crippen molar-refractivity contribution in [3.05, 3.63) is 6.92 Å². The van der Waals surface area contributed by atoms with Crippen LogP contribution < -0.4 is 0 Å². The molecule has 0 amide bonds. The molecule has 0 heterocycles. The van der Waals surface area contributed by atoms with E-state index in [2.05, 4.69) is 11.7 Å². The molecule has 3 nitrogen and oxygen atoms in total. The molecule has 0 aromatic heterocycles. The summed E-state index contributed by atoms with van der Waals surface area (Å²) in [6, 6.07) is 0. The Labute approximate surface area is 60.4 Å². The summed E-state index contributed by atoms with van der Waals surface area (Å²) in [5.74, 6) is -0.593. The Morgan fingerprint density at radius 3 is 2.40 bits per heavy atom. The van der Waals surface area contributed by atoms with Crippen LogP contribution in [0.15, 0.2) is 0 Å². The van der Waals surface area contributed by atoms with Crippen LogP contribution in [0.1, 0.15) is 20.3 Å². The SMILES string of the molecule is [CH2]CC(=O)OC(C)C(C)=O. The van der Waals surface area contributed by atoms with E-state index in [9.17, 15) is 9.59 Å². The number of carbonyl (C=O) groups excluding carboxylic acids is 2. The first-order valence-corrected chi connectivity index (χ1v) is 3.07. The highest BCUT2D eigenvalue weighted by atomic mass is 16.5. The number of esters is 1. The minimum absolute atomic E-state index is 0.0671. The van der Waals surface area contributed by atoms with Gasteiger partial charge in [0.25, 0.3) is 0 Å². The van der Waals surface area contributed by atoms with Crippen molar-refractivity contribution in [2.75, 3.05) is 0 Å². The summed E-state index contributed by atoms with van der Waals surface area (Å²) in [4.78, 5) is 21.0. The summed E-state index contributed by atoms with van der Waals surface area (Å²) in [6.45, 7) is 6.23. The molecule has 1 unspecified atom stereocenters. The van der Waals surface area contributed by atoms with Gasteiger partial charge in [-0.1, -0.05) is 0 Å². The summed E-state index contributed by atoms with van der Waals surface area (Å²) in [7, 11) is 0. The fourth-order valence-corrected chi connectivity index (χ4v) is 0.339. The predicted molar refractivity (Wildman–Crippen MR) is 36.2 cm³/mol. The zero-order valence-electron chi connectivity index (χ0n) is 6.22. The first-order valence-electron chi connectivity index (χ1n) is 3.07. The zero-order valence-corrected chi connectivity index (χ0v) is 6.22. The van der Waals surface area contributed by atoms with E-state index < -0.39 is 12.1 Å². The van der Waals surface area contributed by atoms with Crippen molar-refractivity contribution in [2.45, 2.75) is 26.4 Å². The monoisotopic (exact) mass is 143 g/mol. The molecule has 1 atom stereocenters. The van der Waals surface area contributed by atoms with Gasteiger partial charge < -0.3 is 4.74 Å². The van der Waals surface area contributed by atoms with E-state index in [-0.39, 0.29) is 12.2 Å². The second-order valence-electron chi connectivity index (χ2n) is 1.99. The lowest BCUT2D eigenvalue weighted by atomic mass is 10.3. The first-order chi connectivity index (χ1) is 4.57. The van der Waals surface area contributed by atoms with Gasteiger partial charge in [0.2, 0.25) is 0 Å². The number of ether oxygens (including phenoxy) is 1. The molecule has 3 heteroatoms. The van der Waals surface area contributed by atoms with Crippen LogP contribution in [0.3, 0.4) is 0 Å². The highest BCUT2D eigenvalue weighted by Gasteiger charge is 2.10. The summed E-state index contributed by atoms with van der Waals surface area (Å²) in [5, 5.41) is 0. The average Bonchev–Trinajstić information content (AvgIpc) is 1.87. The quantitative estimate of drug-likeness (QED) is 0.547. The maximum atomic E-state index is 10.5. The van der Waals surface area contributed by atoms with E-state index in [4.69, 9.17) is 0 Å². The largest absolute Gasteiger partial charge is 0.455 e. The number of hydrogen-bond acceptors (Lipinski definition) is 3. The highest BCUT2D eigenvalue weighted by Crippen LogP contribution is 1.94. The molecule has 0 rings (SSSR count). The van der Waals surface area contributed by atoms with Crippen molar-refractivity contribution >= 4 is 11.8 Å². The third kappa shape index (κ3) is 3.22. The number of ketones is 1. The Kier molecular flexibility index (Phi) is 3.69. The lowest BCUT2D eigenvalue weighted by Crippen LogP contribution is -2.21. The lowest BCUT2D eigenvalue weighted by Gasteiger charge is -2.07. The molecule has 0 bridgehead atoms. The molecule has 0 saturated carbocycles. The van der Waals surface area contributed by atoms with Crippen molar-refractivity contribution in [2.24, 2.45) is 0 Å². The molecule has 0 aliphatic rings. The number of hydrogen-bond donors (Lipinski definition) is 0. The standard InChI is InChI=1S/C7H11O3/c1-4-7(9)10-6(3)5(2)8/h6H,1,4H2,2-3H3. The molecule has 0 aliphatic carbocycles. The average molecular weight is 143 g/mol. The van der Waals surface area contributed by atoms with Crippen LogP contribution in [0.25, 0.3) is 0 Å². The van der Waals surface area contributed by atoms with Gasteiger partial charge in [0.15, 0.2) is 11.9 Å². The van der Waals surface area contributed by atoms with Gasteiger partial charge in [-0.05, 0) is 20.8 Å². The lowest BCUT2D eigenvalue weighted by molar-refractivity contribution is -0.152. The van der Waals surface area contributed by atoms with Gasteiger partial charge in [-0.3, -0.25) is 9.59 Å². The molecule has 0 aliphatic heterocycles. The van der Waals surface area contributed by atoms with Gasteiger partial charge in [0.1, 0.15) is 0 Å². The Hall–Kier alpha value is -0.860. The third-order valence-electron chi connectivity index (χ3n) is 1.08. The first kappa shape index (κ1) is 9.14. The highest BCUT2D eigenvalue weighted by molar-refractivity contribution is 5.83. The van der Waals surface area contributed by atoms with Crippen LogP contribution in [0.2, 0.25) is 0 Å². The maximum Gasteiger partial charge on any atom is 0.306 e. The summed E-state index contributed by atoms with van der Waals surface area (Å²) >= 11 is 0. The van der Waals surface area contributed by atoms with Gasteiger partial charge in [-0.15, -0.1) is 0 Å². The van der Waals surface area contributed by atoms with E-state index >= 15 is 0 Å². The van der Waals surface area contributed by atoms with Gasteiger partial charge in [-0.2, -0.15) is 0 Å². The molecule has 1 radical (unpaired) electrons. The summed E-state index contributed by atoms with van der Waals surface area (Å²) in [5.41, 5.74) is 0. The summed E-state index contributed by atoms with van der Waals surface area (Å²) in [6.07, 6.45) is -0.563. The smallest absolute Gasteiger partial charge is 0.306 e. The van der Waals surface area contributed by atoms with E-state index in [1.54, 1.807) is 0 Å². The van der Waals surface area contributed by atoms with Crippen molar-refractivity contribution in [3.8, 4) is 0 Å². The van der Waals surface area contributed by atoms with Crippen LogP contribution in [-0.4, -0.2) is 17.9 Å². The normalized spacial score (nSPS) is 12.3. The Morgan fingerprint density at radius 2 is 2.10 bits per heavy atom. The molecular weight excluding hydrogens is 132 g/mol. The molecular formula is C7H11O3. The fraction of sp³-hybridized carbons (Fsp3) is 0.571. The van der Waals surface area contributed by atoms with Crippen LogP contribution in [0.4, 0.5) is 0 Å². The van der Waals surface area contributed by atoms with Gasteiger partial charge in [-0.25, -0.2) is 0 Å². The molecule has 0 saturated heterocycles. The zero-order chi connectivity index (χ0) is 8.15. The molecule has 0 N–H and O–H groups in total. The van der Waals surface area contributed by atoms with E-state index in [0.717, 1.165) is 0 Å². The maximum absolute atomic E-state index is 10.5. The van der Waals surface area contributed by atoms with Crippen LogP contribution in [0, 0.1) is 6.92 Å². The molecule has 57 valence electrons. The van der Waals surface area contributed by atoms with Crippen LogP contribution in [-0.2, 0) is 14.3 Å². The predicted octanol–water partition coefficient (Wildman–Crippen LogP) is 0.731. The van der Waals surface area contributed by atoms with Crippen molar-refractivity contribution < 1.29 is 14.3 Å². The molecule has 10 heavy (non-hydrogen) atoms. The Bertz CT molecular complexity index is 140. The molecule has 0 aromatic rings. The second kappa shape index (κ2) is 4.04. The molecule has 0 spiro atoms. The number of carbonyl (C=O) groups is 2. The third-order valence-corrected chi connectivity index (χ3v) is 1.08. The molecule has 0 aromatic carbocycles. The topological polar surface area (TPSA) is 43.4 Å². The van der Waals surface area contributed by atoms with Gasteiger partial charge in [0, 0.05) is 6.42 Å². The van der Waals surface area contributed by atoms with Crippen LogP contribution >= 0.6 is 0 Å². The van der Waals surface area contributed by atoms with Crippen LogP contribution in [0.5, 0.6) is 0 Å². The van der Waals surface area contributed by atoms with Crippen molar-refractivity contribution in [1.29, 1.82) is 0 Å². The van der Waals surface area contributed by atoms with Gasteiger partial charge in [0.05, 0.1) is 0 Å². The van der Waals surface area contributed by atoms with E-state index in [1.807, 2.05) is 0 Å².